The van der Waals surface area contributed by atoms with E-state index in [2.05, 4.69) is 88.5 Å². The van der Waals surface area contributed by atoms with Gasteiger partial charge in [0.1, 0.15) is 19.3 Å². The highest BCUT2D eigenvalue weighted by molar-refractivity contribution is 7.47. The van der Waals surface area contributed by atoms with E-state index < -0.39 is 97.5 Å². The molecule has 0 spiro atoms. The Morgan fingerprint density at radius 2 is 0.500 bits per heavy atom. The van der Waals surface area contributed by atoms with Gasteiger partial charge in [0, 0.05) is 25.7 Å². The fraction of sp³-hybridized carbons (Fsp3) is 0.812. The Kier molecular flexibility index (Phi) is 75.0. The molecule has 0 saturated heterocycles. The molecule has 0 radical (unpaired) electrons. The molecule has 0 amide bonds. The summed E-state index contributed by atoms with van der Waals surface area (Å²) >= 11 is 0. The molecule has 606 valence electrons. The van der Waals surface area contributed by atoms with E-state index in [9.17, 15) is 43.2 Å². The maximum Gasteiger partial charge on any atom is 0.472 e. The molecule has 5 atom stereocenters. The van der Waals surface area contributed by atoms with Crippen LogP contribution in [-0.4, -0.2) is 96.7 Å². The number of unbranched alkanes of at least 4 members (excludes halogenated alkanes) is 42. The van der Waals surface area contributed by atoms with E-state index in [-0.39, 0.29) is 25.7 Å². The van der Waals surface area contributed by atoms with Gasteiger partial charge in [-0.15, -0.1) is 0 Å². The molecule has 0 aliphatic heterocycles. The molecular formula is C85H154O17P2. The van der Waals surface area contributed by atoms with Gasteiger partial charge >= 0.3 is 39.5 Å². The van der Waals surface area contributed by atoms with Gasteiger partial charge in [-0.2, -0.15) is 0 Å². The molecule has 0 aromatic heterocycles. The fourth-order valence-corrected chi connectivity index (χ4v) is 13.4. The molecule has 0 fully saturated rings. The van der Waals surface area contributed by atoms with Gasteiger partial charge in [-0.25, -0.2) is 9.13 Å². The topological polar surface area (TPSA) is 237 Å². The molecule has 0 saturated carbocycles. The summed E-state index contributed by atoms with van der Waals surface area (Å²) in [5.41, 5.74) is 0. The van der Waals surface area contributed by atoms with Crippen LogP contribution in [0.15, 0.2) is 72.9 Å². The van der Waals surface area contributed by atoms with Gasteiger partial charge < -0.3 is 33.8 Å². The number of allylic oxidation sites excluding steroid dienone is 12. The first kappa shape index (κ1) is 100. The summed E-state index contributed by atoms with van der Waals surface area (Å²) < 4.78 is 68.7. The van der Waals surface area contributed by atoms with Crippen molar-refractivity contribution in [3.63, 3.8) is 0 Å². The highest BCUT2D eigenvalue weighted by atomic mass is 31.2. The van der Waals surface area contributed by atoms with Crippen LogP contribution >= 0.6 is 15.6 Å². The molecule has 0 heterocycles. The Morgan fingerprint density at radius 1 is 0.279 bits per heavy atom. The van der Waals surface area contributed by atoms with Crippen LogP contribution < -0.4 is 0 Å². The average Bonchev–Trinajstić information content (AvgIpc) is 0.918. The van der Waals surface area contributed by atoms with Gasteiger partial charge in [0.05, 0.1) is 26.4 Å². The van der Waals surface area contributed by atoms with Gasteiger partial charge in [-0.3, -0.25) is 37.3 Å². The van der Waals surface area contributed by atoms with E-state index >= 15 is 0 Å². The first-order valence-corrected chi connectivity index (χ1v) is 45.2. The van der Waals surface area contributed by atoms with E-state index in [0.717, 1.165) is 103 Å². The summed E-state index contributed by atoms with van der Waals surface area (Å²) in [4.78, 5) is 73.1. The predicted molar refractivity (Wildman–Crippen MR) is 427 cm³/mol. The Hall–Kier alpha value is -3.50. The number of hydrogen-bond donors (Lipinski definition) is 3. The monoisotopic (exact) mass is 1510 g/mol. The molecule has 0 aromatic carbocycles. The summed E-state index contributed by atoms with van der Waals surface area (Å²) in [5, 5.41) is 10.7. The molecule has 17 nitrogen and oxygen atoms in total. The molecule has 19 heteroatoms. The lowest BCUT2D eigenvalue weighted by atomic mass is 10.0. The minimum Gasteiger partial charge on any atom is -0.462 e. The summed E-state index contributed by atoms with van der Waals surface area (Å²) in [5.74, 6) is -2.23. The fourth-order valence-electron chi connectivity index (χ4n) is 11.8. The van der Waals surface area contributed by atoms with Crippen LogP contribution in [0.4, 0.5) is 0 Å². The van der Waals surface area contributed by atoms with Gasteiger partial charge in [-0.05, 0) is 64.2 Å². The number of carbonyl (C=O) groups excluding carboxylic acids is 4. The minimum absolute atomic E-state index is 0.0406. The number of ether oxygens (including phenoxy) is 4. The van der Waals surface area contributed by atoms with Crippen molar-refractivity contribution in [3.8, 4) is 0 Å². The van der Waals surface area contributed by atoms with Gasteiger partial charge in [-0.1, -0.05) is 370 Å². The Balaban J connectivity index is 5.37. The van der Waals surface area contributed by atoms with Crippen LogP contribution in [0.2, 0.25) is 0 Å². The molecule has 0 aromatic rings. The van der Waals surface area contributed by atoms with Crippen molar-refractivity contribution >= 4 is 39.5 Å². The van der Waals surface area contributed by atoms with Crippen LogP contribution in [0.5, 0.6) is 0 Å². The van der Waals surface area contributed by atoms with Crippen molar-refractivity contribution in [2.24, 2.45) is 0 Å². The van der Waals surface area contributed by atoms with Crippen LogP contribution in [0.3, 0.4) is 0 Å². The number of rotatable bonds is 80. The highest BCUT2D eigenvalue weighted by Crippen LogP contribution is 2.45. The first-order valence-electron chi connectivity index (χ1n) is 42.2. The predicted octanol–water partition coefficient (Wildman–Crippen LogP) is 24.8. The molecule has 104 heavy (non-hydrogen) atoms. The second-order valence-electron chi connectivity index (χ2n) is 28.4. The maximum atomic E-state index is 13.1. The summed E-state index contributed by atoms with van der Waals surface area (Å²) in [6, 6.07) is 0. The second kappa shape index (κ2) is 77.7. The maximum absolute atomic E-state index is 13.1. The first-order chi connectivity index (χ1) is 50.7. The summed E-state index contributed by atoms with van der Waals surface area (Å²) in [6.45, 7) is 4.78. The molecule has 0 aliphatic carbocycles. The van der Waals surface area contributed by atoms with Crippen LogP contribution in [0, 0.1) is 0 Å². The standard InChI is InChI=1S/C85H154O17P2/c1-5-9-13-17-21-25-29-33-37-38-39-40-44-46-50-54-58-62-66-70-83(88)96-76-81(102-85(90)72-68-64-60-56-52-48-43-36-32-28-24-20-16-12-8-4)78-100-104(93,94)98-74-79(86)73-97-103(91,92)99-77-80(101-84(89)71-67-63-59-55-51-47-42-35-31-27-23-19-15-11-7-3)75-95-82(87)69-65-61-57-53-49-45-41-34-30-26-22-18-14-10-6-2/h9,13,21,25,33,37,39-40,46,50,58,62,79-81,86H,5-8,10-12,14-20,22-24,26-32,34-36,38,41-45,47-49,51-57,59-61,63-78H2,1-4H3,(H,91,92)(H,93,94)/b13-9-,25-21-,37-33-,40-39-,50-46-,62-58-/t79-,80+,81+/m0/s1. The Morgan fingerprint density at radius 3 is 0.769 bits per heavy atom. The number of phosphoric acid groups is 2. The quantitative estimate of drug-likeness (QED) is 0.0169. The molecule has 0 rings (SSSR count). The zero-order chi connectivity index (χ0) is 76.0. The highest BCUT2D eigenvalue weighted by Gasteiger charge is 2.30. The molecule has 2 unspecified atom stereocenters. The minimum atomic E-state index is -4.99. The lowest BCUT2D eigenvalue weighted by molar-refractivity contribution is -0.161. The number of esters is 4. The van der Waals surface area contributed by atoms with E-state index in [1.165, 1.54) is 199 Å². The smallest absolute Gasteiger partial charge is 0.462 e. The lowest BCUT2D eigenvalue weighted by Gasteiger charge is -2.21. The summed E-state index contributed by atoms with van der Waals surface area (Å²) in [6.07, 6.45) is 80.2. The van der Waals surface area contributed by atoms with E-state index in [1.807, 2.05) is 12.2 Å². The Labute approximate surface area is 634 Å². The molecule has 0 aliphatic rings. The Bertz CT molecular complexity index is 2250. The SMILES string of the molecule is CC/C=C\C/C=C\C/C=C\C/C=C\C/C=C\C/C=C\CCC(=O)OC[C@H](COP(=O)(O)OC[C@@H](O)COP(=O)(O)OC[C@@H](COC(=O)CCCCCCCCCCCCCCCCC)OC(=O)CCCCCCCCCCCCCCCCC)OC(=O)CCCCCCCCCCCCCCCCC. The van der Waals surface area contributed by atoms with E-state index in [0.29, 0.717) is 32.1 Å². The van der Waals surface area contributed by atoms with Crippen molar-refractivity contribution in [3.05, 3.63) is 72.9 Å². The van der Waals surface area contributed by atoms with Gasteiger partial charge in [0.25, 0.3) is 0 Å². The molecular weight excluding hydrogens is 1350 g/mol. The normalized spacial score (nSPS) is 14.2. The molecule has 0 bridgehead atoms. The van der Waals surface area contributed by atoms with Gasteiger partial charge in [0.15, 0.2) is 12.2 Å². The van der Waals surface area contributed by atoms with Crippen molar-refractivity contribution < 1.29 is 80.2 Å². The third-order valence-corrected chi connectivity index (χ3v) is 20.1. The molecule has 3 N–H and O–H groups in total. The van der Waals surface area contributed by atoms with Crippen molar-refractivity contribution in [1.29, 1.82) is 0 Å². The van der Waals surface area contributed by atoms with Crippen molar-refractivity contribution in [1.82, 2.24) is 0 Å². The summed E-state index contributed by atoms with van der Waals surface area (Å²) in [7, 11) is -9.96. The zero-order valence-corrected chi connectivity index (χ0v) is 68.2. The van der Waals surface area contributed by atoms with Crippen LogP contribution in [0.25, 0.3) is 0 Å². The number of aliphatic hydroxyl groups is 1. The second-order valence-corrected chi connectivity index (χ2v) is 31.3. The van der Waals surface area contributed by atoms with Crippen molar-refractivity contribution in [2.75, 3.05) is 39.6 Å². The largest absolute Gasteiger partial charge is 0.472 e. The van der Waals surface area contributed by atoms with E-state index in [1.54, 1.807) is 0 Å². The number of hydrogen-bond acceptors (Lipinski definition) is 15. The zero-order valence-electron chi connectivity index (χ0n) is 66.5. The van der Waals surface area contributed by atoms with Crippen molar-refractivity contribution in [2.45, 2.75) is 406 Å². The van der Waals surface area contributed by atoms with Crippen LogP contribution in [-0.2, 0) is 65.4 Å². The average molecular weight is 1510 g/mol. The number of phosphoric ester groups is 2. The third-order valence-electron chi connectivity index (χ3n) is 18.2. The van der Waals surface area contributed by atoms with Gasteiger partial charge in [0.2, 0.25) is 0 Å². The lowest BCUT2D eigenvalue weighted by Crippen LogP contribution is -2.30. The number of aliphatic hydroxyl groups excluding tert-OH is 1. The number of carbonyl (C=O) groups is 4. The third kappa shape index (κ3) is 76.7. The van der Waals surface area contributed by atoms with E-state index in [4.69, 9.17) is 37.0 Å². The van der Waals surface area contributed by atoms with Crippen LogP contribution in [0.1, 0.15) is 387 Å².